The van der Waals surface area contributed by atoms with Gasteiger partial charge in [-0.25, -0.2) is 9.67 Å². The van der Waals surface area contributed by atoms with E-state index in [-0.39, 0.29) is 18.0 Å². The maximum absolute atomic E-state index is 12.4. The molecular formula is C18H18N4O2S. The smallest absolute Gasteiger partial charge is 0.275 e. The van der Waals surface area contributed by atoms with Gasteiger partial charge in [0.15, 0.2) is 5.13 Å². The fraction of sp³-hybridized carbons (Fsp3) is 0.333. The Morgan fingerprint density at radius 2 is 2.04 bits per heavy atom. The van der Waals surface area contributed by atoms with E-state index in [0.717, 1.165) is 30.3 Å². The van der Waals surface area contributed by atoms with Crippen LogP contribution in [0.25, 0.3) is 10.8 Å². The van der Waals surface area contributed by atoms with E-state index in [1.165, 1.54) is 22.4 Å². The molecule has 0 spiro atoms. The molecule has 128 valence electrons. The predicted octanol–water partition coefficient (Wildman–Crippen LogP) is 2.76. The number of thiazole rings is 1. The summed E-state index contributed by atoms with van der Waals surface area (Å²) in [5.74, 6) is -0.284. The second-order valence-electron chi connectivity index (χ2n) is 6.19. The molecule has 0 radical (unpaired) electrons. The molecule has 25 heavy (non-hydrogen) atoms. The molecule has 0 saturated carbocycles. The van der Waals surface area contributed by atoms with Gasteiger partial charge in [0.25, 0.3) is 5.56 Å². The fourth-order valence-electron chi connectivity index (χ4n) is 3.12. The largest absolute Gasteiger partial charge is 0.300 e. The first-order chi connectivity index (χ1) is 12.2. The third-order valence-electron chi connectivity index (χ3n) is 4.40. The Labute approximate surface area is 148 Å². The molecule has 2 heterocycles. The highest BCUT2D eigenvalue weighted by Gasteiger charge is 2.16. The molecular weight excluding hydrogens is 336 g/mol. The van der Waals surface area contributed by atoms with Crippen LogP contribution in [0.5, 0.6) is 0 Å². The lowest BCUT2D eigenvalue weighted by Crippen LogP contribution is -2.29. The lowest BCUT2D eigenvalue weighted by Gasteiger charge is -2.05. The maximum atomic E-state index is 12.4. The second-order valence-corrected chi connectivity index (χ2v) is 7.28. The van der Waals surface area contributed by atoms with Gasteiger partial charge in [0.1, 0.15) is 6.54 Å². The highest BCUT2D eigenvalue weighted by molar-refractivity contribution is 7.15. The van der Waals surface area contributed by atoms with E-state index in [4.69, 9.17) is 0 Å². The summed E-state index contributed by atoms with van der Waals surface area (Å²) in [5.41, 5.74) is 0.849. The van der Waals surface area contributed by atoms with Gasteiger partial charge in [0.2, 0.25) is 5.91 Å². The van der Waals surface area contributed by atoms with Gasteiger partial charge in [-0.05, 0) is 31.7 Å². The van der Waals surface area contributed by atoms with E-state index >= 15 is 0 Å². The minimum Gasteiger partial charge on any atom is -0.300 e. The van der Waals surface area contributed by atoms with Crippen LogP contribution >= 0.6 is 11.3 Å². The summed E-state index contributed by atoms with van der Waals surface area (Å²) in [4.78, 5) is 30.5. The molecule has 7 heteroatoms. The van der Waals surface area contributed by atoms with Gasteiger partial charge in [-0.15, -0.1) is 11.3 Å². The van der Waals surface area contributed by atoms with Crippen molar-refractivity contribution in [3.8, 4) is 0 Å². The first-order valence-electron chi connectivity index (χ1n) is 8.44. The van der Waals surface area contributed by atoms with Crippen molar-refractivity contribution in [2.45, 2.75) is 38.6 Å². The van der Waals surface area contributed by atoms with Crippen molar-refractivity contribution in [2.24, 2.45) is 0 Å². The van der Waals surface area contributed by atoms with Crippen LogP contribution in [0.3, 0.4) is 0 Å². The fourth-order valence-corrected chi connectivity index (χ4v) is 4.18. The van der Waals surface area contributed by atoms with Crippen LogP contribution in [0.4, 0.5) is 5.13 Å². The normalized spacial score (nSPS) is 14.1. The number of anilines is 1. The first-order valence-corrected chi connectivity index (χ1v) is 9.25. The van der Waals surface area contributed by atoms with Crippen LogP contribution in [-0.2, 0) is 24.2 Å². The number of amides is 1. The van der Waals surface area contributed by atoms with Gasteiger partial charge < -0.3 is 5.32 Å². The Kier molecular flexibility index (Phi) is 4.31. The van der Waals surface area contributed by atoms with Crippen LogP contribution in [0.2, 0.25) is 0 Å². The lowest BCUT2D eigenvalue weighted by atomic mass is 10.2. The van der Waals surface area contributed by atoms with Crippen molar-refractivity contribution in [2.75, 3.05) is 5.32 Å². The SMILES string of the molecule is O=C(Cn1ncc2ccccc2c1=O)Nc1nc2c(s1)CCCCC2. The van der Waals surface area contributed by atoms with Crippen molar-refractivity contribution in [1.29, 1.82) is 0 Å². The highest BCUT2D eigenvalue weighted by Crippen LogP contribution is 2.28. The summed E-state index contributed by atoms with van der Waals surface area (Å²) >= 11 is 1.54. The molecule has 0 bridgehead atoms. The van der Waals surface area contributed by atoms with E-state index in [0.29, 0.717) is 10.5 Å². The van der Waals surface area contributed by atoms with E-state index in [1.54, 1.807) is 29.7 Å². The van der Waals surface area contributed by atoms with Crippen LogP contribution in [0.15, 0.2) is 35.3 Å². The molecule has 1 aliphatic rings. The number of nitrogens with one attached hydrogen (secondary N) is 1. The maximum Gasteiger partial charge on any atom is 0.275 e. The number of carbonyl (C=O) groups excluding carboxylic acids is 1. The summed E-state index contributed by atoms with van der Waals surface area (Å²) in [6.07, 6.45) is 7.19. The standard InChI is InChI=1S/C18H18N4O2S/c23-16(21-18-20-14-8-2-1-3-9-15(14)25-18)11-22-17(24)13-7-5-4-6-12(13)10-19-22/h4-7,10H,1-3,8-9,11H2,(H,20,21,23). The minimum absolute atomic E-state index is 0.117. The number of hydrogen-bond acceptors (Lipinski definition) is 5. The zero-order chi connectivity index (χ0) is 17.2. The molecule has 2 aromatic heterocycles. The molecule has 3 aromatic rings. The van der Waals surface area contributed by atoms with E-state index < -0.39 is 0 Å². The van der Waals surface area contributed by atoms with Crippen molar-refractivity contribution >= 4 is 33.1 Å². The second kappa shape index (κ2) is 6.76. The van der Waals surface area contributed by atoms with E-state index in [1.807, 2.05) is 12.1 Å². The Morgan fingerprint density at radius 3 is 2.96 bits per heavy atom. The molecule has 1 aliphatic carbocycles. The number of fused-ring (bicyclic) bond motifs is 2. The summed E-state index contributed by atoms with van der Waals surface area (Å²) in [6, 6.07) is 7.23. The zero-order valence-corrected chi connectivity index (χ0v) is 14.5. The molecule has 4 rings (SSSR count). The van der Waals surface area contributed by atoms with Crippen molar-refractivity contribution in [1.82, 2.24) is 14.8 Å². The molecule has 0 atom stereocenters. The number of aryl methyl sites for hydroxylation is 2. The molecule has 0 saturated heterocycles. The molecule has 0 fully saturated rings. The van der Waals surface area contributed by atoms with Crippen molar-refractivity contribution in [3.05, 3.63) is 51.4 Å². The molecule has 0 aliphatic heterocycles. The Bertz CT molecular complexity index is 969. The van der Waals surface area contributed by atoms with Gasteiger partial charge in [0.05, 0.1) is 17.3 Å². The summed E-state index contributed by atoms with van der Waals surface area (Å²) in [6.45, 7) is -0.117. The average Bonchev–Trinajstić information content (AvgIpc) is 2.85. The lowest BCUT2D eigenvalue weighted by molar-refractivity contribution is -0.117. The topological polar surface area (TPSA) is 76.9 Å². The van der Waals surface area contributed by atoms with Gasteiger partial charge >= 0.3 is 0 Å². The number of hydrogen-bond donors (Lipinski definition) is 1. The highest BCUT2D eigenvalue weighted by atomic mass is 32.1. The van der Waals surface area contributed by atoms with Gasteiger partial charge in [-0.1, -0.05) is 24.6 Å². The summed E-state index contributed by atoms with van der Waals surface area (Å²) in [7, 11) is 0. The number of nitrogens with zero attached hydrogens (tertiary/aromatic N) is 3. The van der Waals surface area contributed by atoms with Crippen LogP contribution in [-0.4, -0.2) is 20.7 Å². The van der Waals surface area contributed by atoms with Gasteiger partial charge in [-0.2, -0.15) is 5.10 Å². The average molecular weight is 354 g/mol. The van der Waals surface area contributed by atoms with E-state index in [2.05, 4.69) is 15.4 Å². The van der Waals surface area contributed by atoms with Crippen molar-refractivity contribution in [3.63, 3.8) is 0 Å². The third-order valence-corrected chi connectivity index (χ3v) is 5.47. The molecule has 0 unspecified atom stereocenters. The minimum atomic E-state index is -0.284. The quantitative estimate of drug-likeness (QED) is 0.734. The number of aromatic nitrogens is 3. The molecule has 1 amide bonds. The Morgan fingerprint density at radius 1 is 1.20 bits per heavy atom. The van der Waals surface area contributed by atoms with E-state index in [9.17, 15) is 9.59 Å². The monoisotopic (exact) mass is 354 g/mol. The molecule has 1 N–H and O–H groups in total. The first kappa shape index (κ1) is 16.0. The summed E-state index contributed by atoms with van der Waals surface area (Å²) in [5, 5.41) is 8.85. The van der Waals surface area contributed by atoms with Gasteiger partial charge in [0, 0.05) is 10.3 Å². The predicted molar refractivity (Wildman–Crippen MR) is 98.0 cm³/mol. The van der Waals surface area contributed by atoms with Crippen LogP contribution in [0.1, 0.15) is 29.8 Å². The summed E-state index contributed by atoms with van der Waals surface area (Å²) < 4.78 is 1.19. The molecule has 6 nitrogen and oxygen atoms in total. The molecule has 1 aromatic carbocycles. The Balaban J connectivity index is 1.51. The van der Waals surface area contributed by atoms with Crippen LogP contribution in [0, 0.1) is 0 Å². The van der Waals surface area contributed by atoms with Crippen LogP contribution < -0.4 is 10.9 Å². The van der Waals surface area contributed by atoms with Crippen molar-refractivity contribution < 1.29 is 4.79 Å². The zero-order valence-electron chi connectivity index (χ0n) is 13.7. The number of carbonyl (C=O) groups is 1. The third kappa shape index (κ3) is 3.32. The van der Waals surface area contributed by atoms with Gasteiger partial charge in [-0.3, -0.25) is 9.59 Å². The Hall–Kier alpha value is -2.54. The number of rotatable bonds is 3. The number of benzene rings is 1.